The van der Waals surface area contributed by atoms with E-state index in [-0.39, 0.29) is 0 Å². The van der Waals surface area contributed by atoms with E-state index in [4.69, 9.17) is 0 Å². The Hall–Kier alpha value is -1.24. The van der Waals surface area contributed by atoms with Crippen molar-refractivity contribution in [3.8, 4) is 0 Å². The zero-order chi connectivity index (χ0) is 11.2. The number of isocyanates is 2. The minimum atomic E-state index is -0.419. The van der Waals surface area contributed by atoms with E-state index in [0.717, 1.165) is 38.5 Å². The van der Waals surface area contributed by atoms with E-state index in [1.54, 1.807) is 12.2 Å². The molecule has 0 aliphatic heterocycles. The molecule has 4 unspecified atom stereocenters. The lowest BCUT2D eigenvalue weighted by Gasteiger charge is -2.40. The van der Waals surface area contributed by atoms with Crippen molar-refractivity contribution < 1.29 is 9.59 Å². The first-order valence-corrected chi connectivity index (χ1v) is 5.96. The van der Waals surface area contributed by atoms with Crippen molar-refractivity contribution in [3.63, 3.8) is 0 Å². The standard InChI is InChI=1S/C12H14N2O2/c15-7-13-11-5-3-9(6-11)10-2-1-4-12(10,11)14-8-16/h9-10H,1-6H2. The van der Waals surface area contributed by atoms with Gasteiger partial charge in [-0.1, -0.05) is 6.42 Å². The monoisotopic (exact) mass is 218 g/mol. The van der Waals surface area contributed by atoms with Crippen LogP contribution in [0.15, 0.2) is 9.98 Å². The fraction of sp³-hybridized carbons (Fsp3) is 0.833. The van der Waals surface area contributed by atoms with Crippen LogP contribution in [0.2, 0.25) is 0 Å². The Labute approximate surface area is 93.8 Å². The third-order valence-electron chi connectivity index (χ3n) is 5.09. The van der Waals surface area contributed by atoms with E-state index in [1.807, 2.05) is 0 Å². The van der Waals surface area contributed by atoms with Gasteiger partial charge in [0, 0.05) is 0 Å². The lowest BCUT2D eigenvalue weighted by Crippen LogP contribution is -2.49. The van der Waals surface area contributed by atoms with Crippen LogP contribution in [0.1, 0.15) is 38.5 Å². The highest BCUT2D eigenvalue weighted by molar-refractivity contribution is 5.43. The third kappa shape index (κ3) is 0.922. The molecule has 0 aromatic rings. The molecule has 0 heterocycles. The van der Waals surface area contributed by atoms with Gasteiger partial charge in [0.15, 0.2) is 0 Å². The Morgan fingerprint density at radius 3 is 2.62 bits per heavy atom. The second kappa shape index (κ2) is 3.13. The van der Waals surface area contributed by atoms with Crippen LogP contribution < -0.4 is 0 Å². The molecule has 0 saturated heterocycles. The van der Waals surface area contributed by atoms with Gasteiger partial charge in [-0.05, 0) is 43.9 Å². The molecular weight excluding hydrogens is 204 g/mol. The molecule has 84 valence electrons. The number of carbonyl (C=O) groups excluding carboxylic acids is 2. The zero-order valence-electron chi connectivity index (χ0n) is 9.11. The Morgan fingerprint density at radius 2 is 1.88 bits per heavy atom. The number of fused-ring (bicyclic) bond motifs is 5. The van der Waals surface area contributed by atoms with Gasteiger partial charge in [-0.3, -0.25) is 0 Å². The number of hydrogen-bond acceptors (Lipinski definition) is 4. The summed E-state index contributed by atoms with van der Waals surface area (Å²) in [6.07, 6.45) is 9.44. The van der Waals surface area contributed by atoms with Crippen LogP contribution in [-0.2, 0) is 9.59 Å². The first-order valence-electron chi connectivity index (χ1n) is 5.96. The zero-order valence-corrected chi connectivity index (χ0v) is 9.11. The first kappa shape index (κ1) is 9.95. The molecule has 4 nitrogen and oxygen atoms in total. The van der Waals surface area contributed by atoms with Gasteiger partial charge >= 0.3 is 0 Å². The number of nitrogens with zero attached hydrogens (tertiary/aromatic N) is 2. The molecule has 4 atom stereocenters. The minimum absolute atomic E-state index is 0.408. The number of rotatable bonds is 2. The third-order valence-corrected chi connectivity index (χ3v) is 5.09. The van der Waals surface area contributed by atoms with E-state index < -0.39 is 11.1 Å². The van der Waals surface area contributed by atoms with Gasteiger partial charge in [-0.2, -0.15) is 9.98 Å². The molecule has 3 saturated carbocycles. The fourth-order valence-corrected chi connectivity index (χ4v) is 4.63. The van der Waals surface area contributed by atoms with Crippen LogP contribution in [0.3, 0.4) is 0 Å². The predicted molar refractivity (Wildman–Crippen MR) is 56.4 cm³/mol. The summed E-state index contributed by atoms with van der Waals surface area (Å²) in [5, 5.41) is 0. The summed E-state index contributed by atoms with van der Waals surface area (Å²) in [4.78, 5) is 29.5. The molecule has 0 aromatic heterocycles. The highest BCUT2D eigenvalue weighted by Crippen LogP contribution is 2.66. The van der Waals surface area contributed by atoms with Crippen molar-refractivity contribution in [2.24, 2.45) is 21.8 Å². The van der Waals surface area contributed by atoms with Gasteiger partial charge in [0.05, 0.1) is 5.54 Å². The molecule has 0 spiro atoms. The SMILES string of the molecule is O=C=NC12CCC(C1)C1CCCC12N=C=O. The topological polar surface area (TPSA) is 58.9 Å². The maximum Gasteiger partial charge on any atom is 0.235 e. The lowest BCUT2D eigenvalue weighted by atomic mass is 9.71. The van der Waals surface area contributed by atoms with Crippen LogP contribution in [0, 0.1) is 11.8 Å². The first-order chi connectivity index (χ1) is 7.78. The molecule has 0 N–H and O–H groups in total. The molecule has 3 aliphatic rings. The molecule has 0 amide bonds. The van der Waals surface area contributed by atoms with Gasteiger partial charge in [0.25, 0.3) is 0 Å². The molecule has 3 fully saturated rings. The van der Waals surface area contributed by atoms with E-state index in [1.165, 1.54) is 0 Å². The van der Waals surface area contributed by atoms with Crippen LogP contribution >= 0.6 is 0 Å². The van der Waals surface area contributed by atoms with E-state index in [0.29, 0.717) is 11.8 Å². The van der Waals surface area contributed by atoms with Gasteiger partial charge in [0.2, 0.25) is 12.2 Å². The van der Waals surface area contributed by atoms with Crippen molar-refractivity contribution in [2.75, 3.05) is 0 Å². The van der Waals surface area contributed by atoms with Crippen molar-refractivity contribution >= 4 is 12.2 Å². The molecule has 16 heavy (non-hydrogen) atoms. The summed E-state index contributed by atoms with van der Waals surface area (Å²) in [6.45, 7) is 0. The van der Waals surface area contributed by atoms with Gasteiger partial charge in [0.1, 0.15) is 5.54 Å². The van der Waals surface area contributed by atoms with Gasteiger partial charge < -0.3 is 0 Å². The average molecular weight is 218 g/mol. The van der Waals surface area contributed by atoms with Crippen molar-refractivity contribution in [1.82, 2.24) is 0 Å². The predicted octanol–water partition coefficient (Wildman–Crippen LogP) is 1.75. The summed E-state index contributed by atoms with van der Waals surface area (Å²) < 4.78 is 0. The highest BCUT2D eigenvalue weighted by atomic mass is 16.1. The lowest BCUT2D eigenvalue weighted by molar-refractivity contribution is 0.185. The van der Waals surface area contributed by atoms with Crippen molar-refractivity contribution in [1.29, 1.82) is 0 Å². The summed E-state index contributed by atoms with van der Waals surface area (Å²) in [7, 11) is 0. The number of aliphatic imine (C=N–C) groups is 2. The highest BCUT2D eigenvalue weighted by Gasteiger charge is 2.69. The van der Waals surface area contributed by atoms with Crippen molar-refractivity contribution in [3.05, 3.63) is 0 Å². The summed E-state index contributed by atoms with van der Waals surface area (Å²) in [5.41, 5.74) is -0.826. The molecule has 0 radical (unpaired) electrons. The van der Waals surface area contributed by atoms with E-state index in [9.17, 15) is 9.59 Å². The molecule has 4 heteroatoms. The Bertz CT molecular complexity index is 423. The minimum Gasteiger partial charge on any atom is -0.211 e. The quantitative estimate of drug-likeness (QED) is 0.523. The van der Waals surface area contributed by atoms with E-state index in [2.05, 4.69) is 9.98 Å². The number of hydrogen-bond donors (Lipinski definition) is 0. The maximum atomic E-state index is 10.7. The largest absolute Gasteiger partial charge is 0.235 e. The fourth-order valence-electron chi connectivity index (χ4n) is 4.63. The van der Waals surface area contributed by atoms with Crippen molar-refractivity contribution in [2.45, 2.75) is 49.6 Å². The maximum absolute atomic E-state index is 10.7. The molecule has 3 aliphatic carbocycles. The van der Waals surface area contributed by atoms with E-state index >= 15 is 0 Å². The second-order valence-electron chi connectivity index (χ2n) is 5.36. The van der Waals surface area contributed by atoms with Crippen LogP contribution in [0.25, 0.3) is 0 Å². The molecule has 2 bridgehead atoms. The average Bonchev–Trinajstić information content (AvgIpc) is 2.88. The van der Waals surface area contributed by atoms with Crippen LogP contribution in [-0.4, -0.2) is 23.2 Å². The van der Waals surface area contributed by atoms with Gasteiger partial charge in [-0.15, -0.1) is 0 Å². The Kier molecular flexibility index (Phi) is 1.95. The Morgan fingerprint density at radius 1 is 1.06 bits per heavy atom. The summed E-state index contributed by atoms with van der Waals surface area (Å²) >= 11 is 0. The van der Waals surface area contributed by atoms with Gasteiger partial charge in [-0.25, -0.2) is 9.59 Å². The second-order valence-corrected chi connectivity index (χ2v) is 5.36. The molecule has 0 aromatic carbocycles. The molecular formula is C12H14N2O2. The summed E-state index contributed by atoms with van der Waals surface area (Å²) in [6, 6.07) is 0. The smallest absolute Gasteiger partial charge is 0.211 e. The normalized spacial score (nSPS) is 48.2. The Balaban J connectivity index is 2.16. The van der Waals surface area contributed by atoms with Crippen LogP contribution in [0.4, 0.5) is 0 Å². The molecule has 3 rings (SSSR count). The summed E-state index contributed by atoms with van der Waals surface area (Å²) in [5.74, 6) is 1.04. The van der Waals surface area contributed by atoms with Crippen LogP contribution in [0.5, 0.6) is 0 Å².